The van der Waals surface area contributed by atoms with E-state index in [1.54, 1.807) is 18.2 Å². The van der Waals surface area contributed by atoms with Gasteiger partial charge in [0.25, 0.3) is 5.91 Å². The number of nitrogens with zero attached hydrogens (tertiary/aromatic N) is 1. The van der Waals surface area contributed by atoms with Gasteiger partial charge in [0.15, 0.2) is 0 Å². The van der Waals surface area contributed by atoms with Gasteiger partial charge in [-0.3, -0.25) is 4.79 Å². The Morgan fingerprint density at radius 2 is 1.83 bits per heavy atom. The summed E-state index contributed by atoms with van der Waals surface area (Å²) in [6, 6.07) is 24.6. The fourth-order valence-corrected chi connectivity index (χ4v) is 3.47. The van der Waals surface area contributed by atoms with Crippen molar-refractivity contribution in [1.82, 2.24) is 0 Å². The quantitative estimate of drug-likeness (QED) is 0.223. The topological polar surface area (TPSA) is 62.1 Å². The van der Waals surface area contributed by atoms with Gasteiger partial charge in [-0.1, -0.05) is 52.3 Å². The van der Waals surface area contributed by atoms with Crippen LogP contribution in [0.4, 0.5) is 5.69 Å². The molecular weight excluding hydrogens is 543 g/mol. The van der Waals surface area contributed by atoms with Crippen LogP contribution in [0.1, 0.15) is 11.1 Å². The minimum atomic E-state index is -0.450. The van der Waals surface area contributed by atoms with Gasteiger partial charge in [0.1, 0.15) is 24.0 Å². The molecule has 0 saturated heterocycles. The van der Waals surface area contributed by atoms with E-state index in [-0.39, 0.29) is 5.57 Å². The molecule has 0 saturated carbocycles. The summed E-state index contributed by atoms with van der Waals surface area (Å²) in [6.45, 7) is 0.477. The van der Waals surface area contributed by atoms with E-state index in [1.165, 1.54) is 0 Å². The number of ether oxygens (including phenoxy) is 1. The van der Waals surface area contributed by atoms with Crippen molar-refractivity contribution < 1.29 is 9.53 Å². The highest BCUT2D eigenvalue weighted by Gasteiger charge is 2.10. The van der Waals surface area contributed by atoms with Crippen LogP contribution in [-0.2, 0) is 11.4 Å². The van der Waals surface area contributed by atoms with Crippen molar-refractivity contribution in [2.75, 3.05) is 5.32 Å². The van der Waals surface area contributed by atoms with Gasteiger partial charge < -0.3 is 10.1 Å². The number of carbonyl (C=O) groups excluding carboxylic acids is 1. The van der Waals surface area contributed by atoms with E-state index in [1.807, 2.05) is 66.7 Å². The van der Waals surface area contributed by atoms with Crippen LogP contribution < -0.4 is 10.1 Å². The zero-order chi connectivity index (χ0) is 20.6. The Morgan fingerprint density at radius 3 is 2.48 bits per heavy atom. The molecule has 0 radical (unpaired) electrons. The van der Waals surface area contributed by atoms with E-state index in [2.05, 4.69) is 43.8 Å². The Balaban J connectivity index is 1.70. The Kier molecular flexibility index (Phi) is 7.44. The van der Waals surface area contributed by atoms with Crippen LogP contribution in [-0.4, -0.2) is 5.91 Å². The smallest absolute Gasteiger partial charge is 0.266 e. The molecule has 144 valence electrons. The van der Waals surface area contributed by atoms with Gasteiger partial charge in [0, 0.05) is 10.2 Å². The minimum absolute atomic E-state index is 0.0293. The SMILES string of the molecule is N#C/C(=C/c1ccc(OCc2ccccc2)c(I)c1)C(=O)Nc1ccc(Br)cc1. The van der Waals surface area contributed by atoms with Gasteiger partial charge in [0.2, 0.25) is 0 Å². The maximum Gasteiger partial charge on any atom is 0.266 e. The largest absolute Gasteiger partial charge is 0.488 e. The van der Waals surface area contributed by atoms with E-state index in [4.69, 9.17) is 4.74 Å². The first-order chi connectivity index (χ1) is 14.0. The number of nitriles is 1. The first kappa shape index (κ1) is 21.1. The van der Waals surface area contributed by atoms with Crippen LogP contribution in [0.2, 0.25) is 0 Å². The van der Waals surface area contributed by atoms with Gasteiger partial charge in [-0.05, 0) is 76.2 Å². The Hall–Kier alpha value is -2.63. The van der Waals surface area contributed by atoms with Crippen molar-refractivity contribution in [1.29, 1.82) is 5.26 Å². The summed E-state index contributed by atoms with van der Waals surface area (Å²) in [7, 11) is 0. The van der Waals surface area contributed by atoms with Gasteiger partial charge >= 0.3 is 0 Å². The Morgan fingerprint density at radius 1 is 1.10 bits per heavy atom. The van der Waals surface area contributed by atoms with Gasteiger partial charge in [-0.25, -0.2) is 0 Å². The van der Waals surface area contributed by atoms with E-state index in [9.17, 15) is 10.1 Å². The van der Waals surface area contributed by atoms with E-state index in [0.717, 1.165) is 24.9 Å². The minimum Gasteiger partial charge on any atom is -0.488 e. The lowest BCUT2D eigenvalue weighted by Crippen LogP contribution is -2.13. The summed E-state index contributed by atoms with van der Waals surface area (Å²) in [4.78, 5) is 12.4. The summed E-state index contributed by atoms with van der Waals surface area (Å²) in [5, 5.41) is 12.1. The van der Waals surface area contributed by atoms with E-state index < -0.39 is 5.91 Å². The van der Waals surface area contributed by atoms with Crippen molar-refractivity contribution in [3.63, 3.8) is 0 Å². The molecule has 1 N–H and O–H groups in total. The van der Waals surface area contributed by atoms with Gasteiger partial charge in [0.05, 0.1) is 3.57 Å². The molecule has 0 unspecified atom stereocenters. The fraction of sp³-hybridized carbons (Fsp3) is 0.0435. The summed E-state index contributed by atoms with van der Waals surface area (Å²) in [6.07, 6.45) is 1.57. The number of anilines is 1. The van der Waals surface area contributed by atoms with Gasteiger partial charge in [-0.2, -0.15) is 5.26 Å². The standard InChI is InChI=1S/C23H16BrIN2O2/c24-19-7-9-20(10-8-19)27-23(28)18(14-26)12-17-6-11-22(21(25)13-17)29-15-16-4-2-1-3-5-16/h1-13H,15H2,(H,27,28)/b18-12-. The zero-order valence-corrected chi connectivity index (χ0v) is 19.0. The lowest BCUT2D eigenvalue weighted by molar-refractivity contribution is -0.112. The lowest BCUT2D eigenvalue weighted by Gasteiger charge is -2.09. The summed E-state index contributed by atoms with van der Waals surface area (Å²) < 4.78 is 7.68. The number of hydrogen-bond acceptors (Lipinski definition) is 3. The highest BCUT2D eigenvalue weighted by atomic mass is 127. The van der Waals surface area contributed by atoms with E-state index >= 15 is 0 Å². The van der Waals surface area contributed by atoms with Crippen LogP contribution >= 0.6 is 38.5 Å². The number of amides is 1. The van der Waals surface area contributed by atoms with E-state index in [0.29, 0.717) is 12.3 Å². The molecule has 0 bridgehead atoms. The first-order valence-electron chi connectivity index (χ1n) is 8.70. The van der Waals surface area contributed by atoms with Gasteiger partial charge in [-0.15, -0.1) is 0 Å². The molecule has 0 aromatic heterocycles. The molecule has 3 aromatic carbocycles. The zero-order valence-electron chi connectivity index (χ0n) is 15.2. The van der Waals surface area contributed by atoms with Crippen LogP contribution in [0.25, 0.3) is 6.08 Å². The number of halogens is 2. The van der Waals surface area contributed by atoms with Crippen LogP contribution in [0, 0.1) is 14.9 Å². The molecule has 0 heterocycles. The summed E-state index contributed by atoms with van der Waals surface area (Å²) in [5.74, 6) is 0.304. The number of nitrogens with one attached hydrogen (secondary N) is 1. The van der Waals surface area contributed by atoms with Crippen LogP contribution in [0.15, 0.2) is 82.8 Å². The molecule has 1 amide bonds. The van der Waals surface area contributed by atoms with Crippen molar-refractivity contribution in [3.05, 3.63) is 97.5 Å². The third-order valence-electron chi connectivity index (χ3n) is 3.97. The second kappa shape index (κ2) is 10.2. The van der Waals surface area contributed by atoms with Crippen LogP contribution in [0.5, 0.6) is 5.75 Å². The molecule has 3 aromatic rings. The molecule has 0 spiro atoms. The molecule has 4 nitrogen and oxygen atoms in total. The third-order valence-corrected chi connectivity index (χ3v) is 5.34. The Labute approximate surface area is 191 Å². The maximum absolute atomic E-state index is 12.4. The second-order valence-electron chi connectivity index (χ2n) is 6.09. The first-order valence-corrected chi connectivity index (χ1v) is 10.6. The number of rotatable bonds is 6. The molecule has 3 rings (SSSR count). The maximum atomic E-state index is 12.4. The lowest BCUT2D eigenvalue weighted by atomic mass is 10.1. The molecule has 0 aliphatic heterocycles. The van der Waals surface area contributed by atoms with Crippen molar-refractivity contribution in [2.45, 2.75) is 6.61 Å². The van der Waals surface area contributed by atoms with Crippen molar-refractivity contribution in [3.8, 4) is 11.8 Å². The average Bonchev–Trinajstić information content (AvgIpc) is 2.73. The fourth-order valence-electron chi connectivity index (χ4n) is 2.51. The molecule has 29 heavy (non-hydrogen) atoms. The highest BCUT2D eigenvalue weighted by molar-refractivity contribution is 14.1. The molecule has 0 atom stereocenters. The third kappa shape index (κ3) is 6.17. The second-order valence-corrected chi connectivity index (χ2v) is 8.17. The monoisotopic (exact) mass is 558 g/mol. The summed E-state index contributed by atoms with van der Waals surface area (Å²) >= 11 is 5.53. The highest BCUT2D eigenvalue weighted by Crippen LogP contribution is 2.24. The average molecular weight is 559 g/mol. The predicted octanol–water partition coefficient (Wildman–Crippen LogP) is 6.18. The molecule has 0 fully saturated rings. The number of carbonyl (C=O) groups is 1. The molecule has 0 aliphatic carbocycles. The van der Waals surface area contributed by atoms with Crippen LogP contribution in [0.3, 0.4) is 0 Å². The number of benzene rings is 3. The molecule has 0 aliphatic rings. The summed E-state index contributed by atoms with van der Waals surface area (Å²) in [5.41, 5.74) is 2.49. The van der Waals surface area contributed by atoms with Crippen molar-refractivity contribution in [2.24, 2.45) is 0 Å². The normalized spacial score (nSPS) is 10.9. The predicted molar refractivity (Wildman–Crippen MR) is 126 cm³/mol. The molecule has 6 heteroatoms. The molecular formula is C23H16BrIN2O2. The van der Waals surface area contributed by atoms with Crippen molar-refractivity contribution >= 4 is 56.2 Å². The Bertz CT molecular complexity index is 1070. The number of hydrogen-bond donors (Lipinski definition) is 1.